The van der Waals surface area contributed by atoms with Crippen LogP contribution in [-0.2, 0) is 27.2 Å². The zero-order valence-corrected chi connectivity index (χ0v) is 16.0. The molecule has 0 saturated heterocycles. The van der Waals surface area contributed by atoms with E-state index in [1.807, 2.05) is 0 Å². The summed E-state index contributed by atoms with van der Waals surface area (Å²) in [5.74, 6) is -3.14. The fourth-order valence-corrected chi connectivity index (χ4v) is 2.86. The minimum Gasteiger partial charge on any atom is -0.480 e. The zero-order valence-electron chi connectivity index (χ0n) is 16.0. The number of carbonyl (C=O) groups excluding carboxylic acids is 2. The van der Waals surface area contributed by atoms with Crippen molar-refractivity contribution in [2.75, 3.05) is 0 Å². The number of aliphatic carboxylic acids is 1. The van der Waals surface area contributed by atoms with Crippen LogP contribution in [0.15, 0.2) is 48.5 Å². The number of carboxylic acid groups (broad SMARTS) is 1. The van der Waals surface area contributed by atoms with E-state index in [-0.39, 0.29) is 24.1 Å². The first kappa shape index (κ1) is 22.5. The lowest BCUT2D eigenvalue weighted by atomic mass is 10.0. The first-order valence-corrected chi connectivity index (χ1v) is 8.94. The molecule has 2 aromatic carbocycles. The van der Waals surface area contributed by atoms with Crippen LogP contribution in [0.1, 0.15) is 18.1 Å². The number of hydrogen-bond donors (Lipinski definition) is 3. The summed E-state index contributed by atoms with van der Waals surface area (Å²) < 4.78 is 13.1. The fourth-order valence-electron chi connectivity index (χ4n) is 2.86. The molecule has 30 heavy (non-hydrogen) atoms. The molecule has 0 heterocycles. The molecule has 0 saturated carbocycles. The molecule has 0 aliphatic rings. The van der Waals surface area contributed by atoms with Crippen molar-refractivity contribution in [2.24, 2.45) is 0 Å². The van der Waals surface area contributed by atoms with Gasteiger partial charge in [-0.15, -0.1) is 0 Å². The van der Waals surface area contributed by atoms with Crippen LogP contribution in [-0.4, -0.2) is 39.9 Å². The maximum absolute atomic E-state index is 13.1. The molecule has 0 aliphatic carbocycles. The van der Waals surface area contributed by atoms with Gasteiger partial charge < -0.3 is 15.7 Å². The Kier molecular flexibility index (Phi) is 7.56. The van der Waals surface area contributed by atoms with Crippen LogP contribution in [0, 0.1) is 15.9 Å². The Balaban J connectivity index is 2.19. The van der Waals surface area contributed by atoms with Crippen molar-refractivity contribution in [3.05, 3.63) is 75.6 Å². The van der Waals surface area contributed by atoms with Crippen LogP contribution in [0.4, 0.5) is 10.1 Å². The summed E-state index contributed by atoms with van der Waals surface area (Å²) in [7, 11) is 0. The lowest BCUT2D eigenvalue weighted by Crippen LogP contribution is -2.52. The molecule has 0 bridgehead atoms. The molecule has 158 valence electrons. The monoisotopic (exact) mass is 417 g/mol. The Hall–Kier alpha value is -3.82. The lowest BCUT2D eigenvalue weighted by molar-refractivity contribution is -0.385. The number of para-hydroxylation sites is 1. The summed E-state index contributed by atoms with van der Waals surface area (Å²) in [6.07, 6.45) is -0.314. The highest BCUT2D eigenvalue weighted by Crippen LogP contribution is 2.19. The Morgan fingerprint density at radius 1 is 1.03 bits per heavy atom. The van der Waals surface area contributed by atoms with Gasteiger partial charge in [0.25, 0.3) is 5.69 Å². The number of halogens is 1. The number of amides is 2. The van der Waals surface area contributed by atoms with Gasteiger partial charge in [0.1, 0.15) is 17.9 Å². The molecule has 3 N–H and O–H groups in total. The van der Waals surface area contributed by atoms with E-state index in [0.29, 0.717) is 5.56 Å². The molecule has 2 amide bonds. The lowest BCUT2D eigenvalue weighted by Gasteiger charge is -2.21. The fraction of sp³-hybridized carbons (Fsp3) is 0.250. The first-order chi connectivity index (χ1) is 14.2. The first-order valence-electron chi connectivity index (χ1n) is 8.94. The normalized spacial score (nSPS) is 12.5. The minimum atomic E-state index is -1.46. The van der Waals surface area contributed by atoms with Crippen LogP contribution in [0.5, 0.6) is 0 Å². The van der Waals surface area contributed by atoms with Crippen LogP contribution < -0.4 is 10.6 Å². The van der Waals surface area contributed by atoms with E-state index in [0.717, 1.165) is 0 Å². The highest BCUT2D eigenvalue weighted by atomic mass is 19.1. The Bertz CT molecular complexity index is 948. The summed E-state index contributed by atoms with van der Waals surface area (Å²) in [5, 5.41) is 25.4. The second-order valence-corrected chi connectivity index (χ2v) is 6.57. The molecule has 0 aliphatic heterocycles. The highest BCUT2D eigenvalue weighted by molar-refractivity contribution is 5.90. The van der Waals surface area contributed by atoms with E-state index >= 15 is 0 Å². The summed E-state index contributed by atoms with van der Waals surface area (Å²) in [6, 6.07) is 8.35. The molecule has 10 heteroatoms. The molecular formula is C20H20FN3O6. The average molecular weight is 417 g/mol. The second-order valence-electron chi connectivity index (χ2n) is 6.57. The summed E-state index contributed by atoms with van der Waals surface area (Å²) in [4.78, 5) is 46.3. The Labute approximate surface area is 171 Å². The smallest absolute Gasteiger partial charge is 0.326 e. The Morgan fingerprint density at radius 3 is 2.23 bits per heavy atom. The summed E-state index contributed by atoms with van der Waals surface area (Å²) in [6.45, 7) is 1.20. The number of nitro benzene ring substituents is 1. The summed E-state index contributed by atoms with van der Waals surface area (Å²) in [5.41, 5.74) is 0.434. The maximum atomic E-state index is 13.1. The van der Waals surface area contributed by atoms with Crippen molar-refractivity contribution in [3.8, 4) is 0 Å². The van der Waals surface area contributed by atoms with Crippen LogP contribution in [0.2, 0.25) is 0 Å². The molecule has 2 rings (SSSR count). The number of carbonyl (C=O) groups is 3. The average Bonchev–Trinajstić information content (AvgIpc) is 2.68. The molecule has 2 aromatic rings. The largest absolute Gasteiger partial charge is 0.480 e. The number of carboxylic acids is 1. The van der Waals surface area contributed by atoms with Crippen molar-refractivity contribution < 1.29 is 28.8 Å². The molecule has 0 fully saturated rings. The van der Waals surface area contributed by atoms with E-state index in [9.17, 15) is 34.0 Å². The van der Waals surface area contributed by atoms with Gasteiger partial charge in [0.05, 0.1) is 4.92 Å². The van der Waals surface area contributed by atoms with Crippen LogP contribution in [0.3, 0.4) is 0 Å². The highest BCUT2D eigenvalue weighted by Gasteiger charge is 2.28. The molecule has 0 radical (unpaired) electrons. The van der Waals surface area contributed by atoms with Crippen molar-refractivity contribution in [1.29, 1.82) is 0 Å². The van der Waals surface area contributed by atoms with E-state index in [1.54, 1.807) is 0 Å². The molecule has 9 nitrogen and oxygen atoms in total. The van der Waals surface area contributed by atoms with Gasteiger partial charge in [0, 0.05) is 31.4 Å². The number of rotatable bonds is 9. The van der Waals surface area contributed by atoms with E-state index in [2.05, 4.69) is 10.6 Å². The number of nitrogens with zero attached hydrogens (tertiary/aromatic N) is 1. The van der Waals surface area contributed by atoms with Gasteiger partial charge in [-0.1, -0.05) is 30.3 Å². The number of hydrogen-bond acceptors (Lipinski definition) is 5. The van der Waals surface area contributed by atoms with Crippen LogP contribution in [0.25, 0.3) is 0 Å². The molecule has 2 atom stereocenters. The van der Waals surface area contributed by atoms with Crippen molar-refractivity contribution in [3.63, 3.8) is 0 Å². The third-order valence-corrected chi connectivity index (χ3v) is 4.27. The predicted octanol–water partition coefficient (Wildman–Crippen LogP) is 1.59. The third-order valence-electron chi connectivity index (χ3n) is 4.27. The van der Waals surface area contributed by atoms with Gasteiger partial charge in [-0.2, -0.15) is 0 Å². The van der Waals surface area contributed by atoms with Crippen molar-refractivity contribution >= 4 is 23.5 Å². The van der Waals surface area contributed by atoms with Gasteiger partial charge in [-0.05, 0) is 17.7 Å². The van der Waals surface area contributed by atoms with E-state index < -0.39 is 40.6 Å². The zero-order chi connectivity index (χ0) is 22.3. The third kappa shape index (κ3) is 6.36. The molecule has 0 aromatic heterocycles. The summed E-state index contributed by atoms with van der Waals surface area (Å²) >= 11 is 0. The quantitative estimate of drug-likeness (QED) is 0.418. The van der Waals surface area contributed by atoms with Crippen molar-refractivity contribution in [2.45, 2.75) is 31.8 Å². The minimum absolute atomic E-state index is 0.00349. The van der Waals surface area contributed by atoms with Gasteiger partial charge in [-0.3, -0.25) is 19.7 Å². The van der Waals surface area contributed by atoms with Gasteiger partial charge in [0.2, 0.25) is 11.8 Å². The molecule has 0 unspecified atom stereocenters. The number of benzene rings is 2. The standard InChI is InChI=1S/C20H20FN3O6/c1-12(25)22-16(10-13-6-8-15(21)9-7-13)19(26)23-17(20(27)28)11-14-4-2-3-5-18(14)24(29)30/h2-9,16-17H,10-11H2,1H3,(H,22,25)(H,23,26)(H,27,28)/t16-,17+/m0/s1. The van der Waals surface area contributed by atoms with Gasteiger partial charge in [-0.25, -0.2) is 9.18 Å². The second kappa shape index (κ2) is 10.1. The SMILES string of the molecule is CC(=O)N[C@@H](Cc1ccc(F)cc1)C(=O)N[C@H](Cc1ccccc1[N+](=O)[O-])C(=O)O. The van der Waals surface area contributed by atoms with Gasteiger partial charge >= 0.3 is 5.97 Å². The number of nitro groups is 1. The maximum Gasteiger partial charge on any atom is 0.326 e. The topological polar surface area (TPSA) is 139 Å². The van der Waals surface area contributed by atoms with Crippen LogP contribution >= 0.6 is 0 Å². The number of nitrogens with one attached hydrogen (secondary N) is 2. The molecule has 0 spiro atoms. The molecular weight excluding hydrogens is 397 g/mol. The van der Waals surface area contributed by atoms with E-state index in [1.165, 1.54) is 55.5 Å². The van der Waals surface area contributed by atoms with Gasteiger partial charge in [0.15, 0.2) is 0 Å². The van der Waals surface area contributed by atoms with E-state index in [4.69, 9.17) is 0 Å². The van der Waals surface area contributed by atoms with Crippen molar-refractivity contribution in [1.82, 2.24) is 10.6 Å². The Morgan fingerprint density at radius 2 is 1.67 bits per heavy atom. The predicted molar refractivity (Wildman–Crippen MR) is 104 cm³/mol.